The third-order valence-corrected chi connectivity index (χ3v) is 20.6. The number of methoxy groups -OCH3 is 2. The van der Waals surface area contributed by atoms with Crippen molar-refractivity contribution in [2.24, 2.45) is 0 Å². The number of aromatic carboxylic acids is 6. The summed E-state index contributed by atoms with van der Waals surface area (Å²) in [5.74, 6) is -4.57. The molecule has 24 heteroatoms. The first kappa shape index (κ1) is 85.3. The number of hydrogen-bond acceptors (Lipinski definition) is 15. The Hall–Kier alpha value is -15.6. The standard InChI is InChI=1S/C18H15NO4.C17H12ClNO2.C16H10BrNO2.C16H10ClNO2.C16H12N2O2.C16H11NO2/c1-22-16-8-7-11(9-17(16)23-2)15-10-13(18(20)21)12-5-3-4-6-14(12)19-15;1-10-14(18)8-7-12-13(17(20)21)9-15(19-16(10)12)11-5-3-2-4-6-11;3*17-11-7-5-10(6-8-11)15-9-13(16(19)20)12-3-1-2-4-14(12)18-15;18-16(19)13-10-15(11-6-2-1-3-7-11)17-14-9-5-4-8-12(13)14/h3-10H,1-2H3,(H,20,21);2-9H,1H3,(H,20,21);2*1-9H,(H,19,20);1-9H,17H2,(H,19,20);1-10H,(H,18,19). The number of nitrogen functional groups attached to an aromatic ring is 1. The van der Waals surface area contributed by atoms with E-state index in [-0.39, 0.29) is 33.4 Å². The summed E-state index contributed by atoms with van der Waals surface area (Å²) in [5.41, 5.74) is 21.5. The molecule has 8 N–H and O–H groups in total. The highest BCUT2D eigenvalue weighted by atomic mass is 79.9. The molecule has 0 saturated heterocycles. The summed E-state index contributed by atoms with van der Waals surface area (Å²) in [6.07, 6.45) is 0. The maximum Gasteiger partial charge on any atom is 0.336 e. The first-order chi connectivity index (χ1) is 59.4. The number of nitrogens with zero attached hydrogens (tertiary/aromatic N) is 6. The SMILES string of the molecule is COc1ccc(-c2cc(C(=O)O)c3ccccc3n2)cc1OC.Cc1c(Cl)ccc2c(C(=O)O)cc(-c3ccccc3)nc12.Nc1ccc(-c2cc(C(=O)O)c3ccccc3n2)cc1.O=C(O)c1cc(-c2ccc(Br)cc2)nc2ccccc12.O=C(O)c1cc(-c2ccc(Cl)cc2)nc2ccccc12.O=C(O)c1cc(-c2ccccc2)nc2ccccc12. The van der Waals surface area contributed by atoms with E-state index in [9.17, 15) is 59.4 Å². The number of carboxylic acids is 6. The maximum atomic E-state index is 11.5. The van der Waals surface area contributed by atoms with Gasteiger partial charge in [-0.15, -0.1) is 0 Å². The van der Waals surface area contributed by atoms with Crippen LogP contribution >= 0.6 is 39.1 Å². The van der Waals surface area contributed by atoms with Gasteiger partial charge in [-0.05, 0) is 140 Å². The molecule has 0 fully saturated rings. The molecule has 123 heavy (non-hydrogen) atoms. The third-order valence-electron chi connectivity index (χ3n) is 19.4. The average Bonchev–Trinajstić information content (AvgIpc) is 0.771. The number of hydrogen-bond donors (Lipinski definition) is 7. The van der Waals surface area contributed by atoms with Gasteiger partial charge in [0, 0.05) is 85.9 Å². The molecule has 0 aliphatic rings. The Kier molecular flexibility index (Phi) is 26.9. The summed E-state index contributed by atoms with van der Waals surface area (Å²) < 4.78 is 11.5. The zero-order chi connectivity index (χ0) is 87.0. The van der Waals surface area contributed by atoms with Gasteiger partial charge in [0.2, 0.25) is 0 Å². The van der Waals surface area contributed by atoms with Gasteiger partial charge in [0.05, 0.1) is 115 Å². The molecule has 6 aromatic heterocycles. The van der Waals surface area contributed by atoms with Crippen molar-refractivity contribution >= 4 is 146 Å². The van der Waals surface area contributed by atoms with E-state index >= 15 is 0 Å². The number of para-hydroxylation sites is 5. The van der Waals surface area contributed by atoms with E-state index in [2.05, 4.69) is 45.8 Å². The molecule has 0 aliphatic heterocycles. The van der Waals surface area contributed by atoms with Crippen LogP contribution in [0.25, 0.3) is 133 Å². The van der Waals surface area contributed by atoms with Crippen LogP contribution in [0.3, 0.4) is 0 Å². The van der Waals surface area contributed by atoms with Gasteiger partial charge in [-0.3, -0.25) is 0 Å². The lowest BCUT2D eigenvalue weighted by Crippen LogP contribution is -2.01. The number of pyridine rings is 6. The fourth-order valence-electron chi connectivity index (χ4n) is 13.3. The number of aromatic nitrogens is 6. The summed E-state index contributed by atoms with van der Waals surface area (Å²) in [6, 6.07) is 95.6. The van der Waals surface area contributed by atoms with E-state index in [0.717, 1.165) is 43.4 Å². The van der Waals surface area contributed by atoms with Gasteiger partial charge in [0.1, 0.15) is 0 Å². The van der Waals surface area contributed by atoms with Crippen molar-refractivity contribution in [3.8, 4) is 79.0 Å². The molecule has 0 saturated carbocycles. The quantitative estimate of drug-likeness (QED) is 0.0497. The van der Waals surface area contributed by atoms with Crippen LogP contribution in [0, 0.1) is 6.92 Å². The summed E-state index contributed by atoms with van der Waals surface area (Å²) in [7, 11) is 3.12. The minimum absolute atomic E-state index is 0.223. The summed E-state index contributed by atoms with van der Waals surface area (Å²) in [4.78, 5) is 95.9. The van der Waals surface area contributed by atoms with Crippen LogP contribution in [0.4, 0.5) is 5.69 Å². The minimum atomic E-state index is -0.981. The average molecular weight is 1730 g/mol. The predicted octanol–water partition coefficient (Wildman–Crippen LogP) is 23.6. The van der Waals surface area contributed by atoms with Crippen molar-refractivity contribution in [1.82, 2.24) is 29.9 Å². The second-order valence-electron chi connectivity index (χ2n) is 27.3. The smallest absolute Gasteiger partial charge is 0.336 e. The fourth-order valence-corrected chi connectivity index (χ4v) is 13.9. The lowest BCUT2D eigenvalue weighted by atomic mass is 10.0. The van der Waals surface area contributed by atoms with Crippen LogP contribution in [0.15, 0.2) is 326 Å². The third kappa shape index (κ3) is 20.2. The monoisotopic (exact) mass is 1730 g/mol. The van der Waals surface area contributed by atoms with Crippen molar-refractivity contribution in [3.63, 3.8) is 0 Å². The van der Waals surface area contributed by atoms with Gasteiger partial charge in [0.15, 0.2) is 11.5 Å². The van der Waals surface area contributed by atoms with E-state index in [0.29, 0.717) is 127 Å². The Morgan fingerprint density at radius 2 is 0.561 bits per heavy atom. The topological polar surface area (TPSA) is 346 Å². The molecule has 18 rings (SSSR count). The summed E-state index contributed by atoms with van der Waals surface area (Å²) in [5, 5.41) is 61.3. The number of carbonyl (C=O) groups is 6. The number of fused-ring (bicyclic) bond motifs is 6. The highest BCUT2D eigenvalue weighted by Crippen LogP contribution is 2.36. The molecule has 0 bridgehead atoms. The first-order valence-electron chi connectivity index (χ1n) is 37.6. The zero-order valence-corrected chi connectivity index (χ0v) is 68.5. The number of rotatable bonds is 14. The molecular formula is C99H70BrCl2N7O14. The number of halogens is 3. The molecule has 0 amide bonds. The first-order valence-corrected chi connectivity index (χ1v) is 39.2. The number of carboxylic acid groups (broad SMARTS) is 6. The Bertz CT molecular complexity index is 6730. The van der Waals surface area contributed by atoms with Crippen LogP contribution < -0.4 is 15.2 Å². The van der Waals surface area contributed by atoms with E-state index < -0.39 is 35.8 Å². The summed E-state index contributed by atoms with van der Waals surface area (Å²) in [6.45, 7) is 1.85. The number of aryl methyl sites for hydroxylation is 1. The van der Waals surface area contributed by atoms with Crippen LogP contribution in [-0.2, 0) is 0 Å². The predicted molar refractivity (Wildman–Crippen MR) is 485 cm³/mol. The fraction of sp³-hybridized carbons (Fsp3) is 0.0303. The van der Waals surface area contributed by atoms with Crippen molar-refractivity contribution in [2.45, 2.75) is 6.92 Å². The van der Waals surface area contributed by atoms with Gasteiger partial charge in [-0.2, -0.15) is 0 Å². The number of ether oxygens (including phenoxy) is 2. The van der Waals surface area contributed by atoms with Gasteiger partial charge >= 0.3 is 35.8 Å². The Labute approximate surface area is 721 Å². The van der Waals surface area contributed by atoms with Gasteiger partial charge in [-0.1, -0.05) is 233 Å². The Morgan fingerprint density at radius 1 is 0.293 bits per heavy atom. The van der Waals surface area contributed by atoms with Gasteiger partial charge in [0.25, 0.3) is 0 Å². The lowest BCUT2D eigenvalue weighted by Gasteiger charge is -2.11. The minimum Gasteiger partial charge on any atom is -0.493 e. The van der Waals surface area contributed by atoms with Crippen molar-refractivity contribution in [2.75, 3.05) is 20.0 Å². The van der Waals surface area contributed by atoms with Gasteiger partial charge in [-0.25, -0.2) is 58.7 Å². The lowest BCUT2D eigenvalue weighted by molar-refractivity contribution is 0.0688. The van der Waals surface area contributed by atoms with Crippen LogP contribution in [0.2, 0.25) is 10.0 Å². The van der Waals surface area contributed by atoms with Crippen LogP contribution in [-0.4, -0.2) is 111 Å². The molecule has 12 aromatic carbocycles. The van der Waals surface area contributed by atoms with Gasteiger partial charge < -0.3 is 45.8 Å². The molecule has 6 heterocycles. The molecule has 18 aromatic rings. The van der Waals surface area contributed by atoms with E-state index in [4.69, 9.17) is 38.4 Å². The molecule has 21 nitrogen and oxygen atoms in total. The molecule has 0 radical (unpaired) electrons. The molecule has 0 aliphatic carbocycles. The molecule has 0 atom stereocenters. The van der Waals surface area contributed by atoms with E-state index in [1.54, 1.807) is 160 Å². The largest absolute Gasteiger partial charge is 0.493 e. The molecule has 0 unspecified atom stereocenters. The van der Waals surface area contributed by atoms with Crippen molar-refractivity contribution < 1.29 is 68.9 Å². The van der Waals surface area contributed by atoms with Crippen LogP contribution in [0.1, 0.15) is 67.7 Å². The molecule has 606 valence electrons. The van der Waals surface area contributed by atoms with Crippen molar-refractivity contribution in [3.05, 3.63) is 375 Å². The number of benzene rings is 12. The highest BCUT2D eigenvalue weighted by molar-refractivity contribution is 9.10. The zero-order valence-electron chi connectivity index (χ0n) is 65.4. The van der Waals surface area contributed by atoms with Crippen LogP contribution in [0.5, 0.6) is 11.5 Å². The second kappa shape index (κ2) is 38.8. The molecule has 0 spiro atoms. The summed E-state index contributed by atoms with van der Waals surface area (Å²) >= 11 is 15.4. The molecular weight excluding hydrogens is 1660 g/mol. The maximum absolute atomic E-state index is 11.5. The Balaban J connectivity index is 0.000000127. The van der Waals surface area contributed by atoms with E-state index in [1.165, 1.54) is 0 Å². The van der Waals surface area contributed by atoms with Crippen molar-refractivity contribution in [1.29, 1.82) is 0 Å². The highest BCUT2D eigenvalue weighted by Gasteiger charge is 2.21. The second-order valence-corrected chi connectivity index (χ2v) is 29.0. The number of nitrogens with two attached hydrogens (primary N) is 1. The Morgan fingerprint density at radius 3 is 0.886 bits per heavy atom. The number of anilines is 1. The normalized spacial score (nSPS) is 10.6. The van der Waals surface area contributed by atoms with E-state index in [1.807, 2.05) is 183 Å².